The second-order valence-electron chi connectivity index (χ2n) is 5.10. The van der Waals surface area contributed by atoms with E-state index in [1.165, 1.54) is 44.9 Å². The Morgan fingerprint density at radius 3 is 2.47 bits per heavy atom. The highest BCUT2D eigenvalue weighted by molar-refractivity contribution is 5.78. The lowest BCUT2D eigenvalue weighted by Crippen LogP contribution is -2.40. The van der Waals surface area contributed by atoms with Gasteiger partial charge in [0.2, 0.25) is 5.91 Å². The number of likely N-dealkylation sites (tertiary alicyclic amines) is 1. The molecule has 1 unspecified atom stereocenters. The molecule has 0 aromatic rings. The van der Waals surface area contributed by atoms with E-state index in [4.69, 9.17) is 0 Å². The number of carbonyl (C=O) groups excluding carboxylic acids is 1. The fraction of sp³-hybridized carbons (Fsp3) is 0.929. The van der Waals surface area contributed by atoms with Gasteiger partial charge in [-0.1, -0.05) is 33.1 Å². The minimum atomic E-state index is 0.292. The number of nitrogens with one attached hydrogen (secondary N) is 1. The highest BCUT2D eigenvalue weighted by atomic mass is 16.2. The van der Waals surface area contributed by atoms with Crippen LogP contribution in [0.1, 0.15) is 58.8 Å². The first-order valence-corrected chi connectivity index (χ1v) is 7.29. The number of unbranched alkanes of at least 4 members (excludes halogenated alkanes) is 1. The lowest BCUT2D eigenvalue weighted by molar-refractivity contribution is -0.129. The first-order valence-electron chi connectivity index (χ1n) is 7.29. The van der Waals surface area contributed by atoms with E-state index in [1.54, 1.807) is 0 Å². The van der Waals surface area contributed by atoms with Crippen molar-refractivity contribution in [1.29, 1.82) is 0 Å². The van der Waals surface area contributed by atoms with Gasteiger partial charge in [0.15, 0.2) is 0 Å². The SMILES string of the molecule is CCCCC(CCC)NCC(=O)N1CCCC1. The third-order valence-electron chi connectivity index (χ3n) is 3.54. The van der Waals surface area contributed by atoms with Crippen molar-refractivity contribution < 1.29 is 4.79 Å². The zero-order valence-electron chi connectivity index (χ0n) is 11.5. The average molecular weight is 240 g/mol. The lowest BCUT2D eigenvalue weighted by atomic mass is 10.1. The Hall–Kier alpha value is -0.570. The third-order valence-corrected chi connectivity index (χ3v) is 3.54. The van der Waals surface area contributed by atoms with Crippen LogP contribution in [0.3, 0.4) is 0 Å². The number of amides is 1. The maximum absolute atomic E-state index is 11.9. The molecule has 0 aromatic carbocycles. The van der Waals surface area contributed by atoms with Crippen molar-refractivity contribution in [2.24, 2.45) is 0 Å². The fourth-order valence-electron chi connectivity index (χ4n) is 2.46. The standard InChI is InChI=1S/C14H28N2O/c1-3-5-9-13(8-4-2)15-12-14(17)16-10-6-7-11-16/h13,15H,3-12H2,1-2H3. The van der Waals surface area contributed by atoms with Gasteiger partial charge in [-0.2, -0.15) is 0 Å². The molecule has 1 fully saturated rings. The van der Waals surface area contributed by atoms with Gasteiger partial charge < -0.3 is 10.2 Å². The molecule has 0 aromatic heterocycles. The van der Waals surface area contributed by atoms with Gasteiger partial charge in [-0.25, -0.2) is 0 Å². The van der Waals surface area contributed by atoms with Crippen LogP contribution in [0.25, 0.3) is 0 Å². The Kier molecular flexibility index (Phi) is 7.25. The summed E-state index contributed by atoms with van der Waals surface area (Å²) in [6.07, 6.45) is 8.45. The first kappa shape index (κ1) is 14.5. The largest absolute Gasteiger partial charge is 0.342 e. The molecule has 3 heteroatoms. The van der Waals surface area contributed by atoms with E-state index >= 15 is 0 Å². The van der Waals surface area contributed by atoms with E-state index in [1.807, 2.05) is 4.90 Å². The summed E-state index contributed by atoms with van der Waals surface area (Å²) in [7, 11) is 0. The number of hydrogen-bond acceptors (Lipinski definition) is 2. The summed E-state index contributed by atoms with van der Waals surface area (Å²) in [6, 6.07) is 0.534. The fourth-order valence-corrected chi connectivity index (χ4v) is 2.46. The average Bonchev–Trinajstić information content (AvgIpc) is 2.86. The summed E-state index contributed by atoms with van der Waals surface area (Å²) in [5, 5.41) is 3.44. The van der Waals surface area contributed by atoms with Gasteiger partial charge in [0, 0.05) is 19.1 Å². The normalized spacial score (nSPS) is 17.4. The molecule has 1 aliphatic rings. The van der Waals surface area contributed by atoms with Crippen molar-refractivity contribution in [3.8, 4) is 0 Å². The predicted octanol–water partition coefficient (Wildman–Crippen LogP) is 2.56. The molecule has 1 saturated heterocycles. The van der Waals surface area contributed by atoms with E-state index in [2.05, 4.69) is 19.2 Å². The summed E-state index contributed by atoms with van der Waals surface area (Å²) < 4.78 is 0. The Labute approximate surface area is 106 Å². The molecule has 0 bridgehead atoms. The van der Waals surface area contributed by atoms with Gasteiger partial charge in [-0.05, 0) is 25.7 Å². The Morgan fingerprint density at radius 2 is 1.88 bits per heavy atom. The zero-order valence-corrected chi connectivity index (χ0v) is 11.5. The topological polar surface area (TPSA) is 32.3 Å². The van der Waals surface area contributed by atoms with Crippen LogP contribution in [0.15, 0.2) is 0 Å². The van der Waals surface area contributed by atoms with Crippen LogP contribution < -0.4 is 5.32 Å². The number of carbonyl (C=O) groups is 1. The molecule has 1 atom stereocenters. The molecule has 1 heterocycles. The van der Waals surface area contributed by atoms with E-state index in [-0.39, 0.29) is 0 Å². The van der Waals surface area contributed by atoms with Crippen LogP contribution in [0, 0.1) is 0 Å². The summed E-state index contributed by atoms with van der Waals surface area (Å²) >= 11 is 0. The first-order chi connectivity index (χ1) is 8.27. The minimum absolute atomic E-state index is 0.292. The number of rotatable bonds is 8. The molecule has 1 aliphatic heterocycles. The monoisotopic (exact) mass is 240 g/mol. The van der Waals surface area contributed by atoms with Crippen LogP contribution in [0.5, 0.6) is 0 Å². The lowest BCUT2D eigenvalue weighted by Gasteiger charge is -2.20. The van der Waals surface area contributed by atoms with Crippen molar-refractivity contribution in [2.75, 3.05) is 19.6 Å². The molecule has 0 aliphatic carbocycles. The van der Waals surface area contributed by atoms with Gasteiger partial charge in [-0.3, -0.25) is 4.79 Å². The van der Waals surface area contributed by atoms with Gasteiger partial charge in [-0.15, -0.1) is 0 Å². The van der Waals surface area contributed by atoms with Crippen LogP contribution in [0.2, 0.25) is 0 Å². The van der Waals surface area contributed by atoms with E-state index in [0.29, 0.717) is 18.5 Å². The molecular weight excluding hydrogens is 212 g/mol. The Balaban J connectivity index is 2.21. The molecule has 0 spiro atoms. The van der Waals surface area contributed by atoms with Crippen molar-refractivity contribution in [1.82, 2.24) is 10.2 Å². The highest BCUT2D eigenvalue weighted by Gasteiger charge is 2.18. The Morgan fingerprint density at radius 1 is 1.18 bits per heavy atom. The maximum atomic E-state index is 11.9. The predicted molar refractivity (Wildman–Crippen MR) is 72.0 cm³/mol. The Bertz CT molecular complexity index is 212. The molecule has 1 N–H and O–H groups in total. The third kappa shape index (κ3) is 5.53. The summed E-state index contributed by atoms with van der Waals surface area (Å²) in [6.45, 7) is 6.90. The molecule has 17 heavy (non-hydrogen) atoms. The van der Waals surface area contributed by atoms with Gasteiger partial charge in [0.05, 0.1) is 6.54 Å². The molecule has 1 amide bonds. The second-order valence-corrected chi connectivity index (χ2v) is 5.10. The van der Waals surface area contributed by atoms with E-state index < -0.39 is 0 Å². The van der Waals surface area contributed by atoms with Crippen LogP contribution >= 0.6 is 0 Å². The van der Waals surface area contributed by atoms with Crippen molar-refractivity contribution in [2.45, 2.75) is 64.8 Å². The summed E-state index contributed by atoms with van der Waals surface area (Å²) in [5.41, 5.74) is 0. The second kappa shape index (κ2) is 8.51. The quantitative estimate of drug-likeness (QED) is 0.707. The van der Waals surface area contributed by atoms with Crippen LogP contribution in [-0.2, 0) is 4.79 Å². The van der Waals surface area contributed by atoms with Crippen LogP contribution in [0.4, 0.5) is 0 Å². The van der Waals surface area contributed by atoms with Crippen molar-refractivity contribution >= 4 is 5.91 Å². The maximum Gasteiger partial charge on any atom is 0.236 e. The molecule has 3 nitrogen and oxygen atoms in total. The number of nitrogens with zero attached hydrogens (tertiary/aromatic N) is 1. The smallest absolute Gasteiger partial charge is 0.236 e. The molecule has 0 saturated carbocycles. The molecule has 1 rings (SSSR count). The highest BCUT2D eigenvalue weighted by Crippen LogP contribution is 2.09. The van der Waals surface area contributed by atoms with E-state index in [0.717, 1.165) is 13.1 Å². The van der Waals surface area contributed by atoms with Gasteiger partial charge in [0.25, 0.3) is 0 Å². The van der Waals surface area contributed by atoms with Crippen LogP contribution in [-0.4, -0.2) is 36.5 Å². The van der Waals surface area contributed by atoms with Gasteiger partial charge in [0.1, 0.15) is 0 Å². The minimum Gasteiger partial charge on any atom is -0.342 e. The number of hydrogen-bond donors (Lipinski definition) is 1. The molecule has 100 valence electrons. The summed E-state index contributed by atoms with van der Waals surface area (Å²) in [5.74, 6) is 0.292. The van der Waals surface area contributed by atoms with Crippen molar-refractivity contribution in [3.63, 3.8) is 0 Å². The zero-order chi connectivity index (χ0) is 12.5. The molecular formula is C14H28N2O. The molecule has 0 radical (unpaired) electrons. The van der Waals surface area contributed by atoms with Gasteiger partial charge >= 0.3 is 0 Å². The van der Waals surface area contributed by atoms with E-state index in [9.17, 15) is 4.79 Å². The summed E-state index contributed by atoms with van der Waals surface area (Å²) in [4.78, 5) is 13.9. The van der Waals surface area contributed by atoms with Crippen molar-refractivity contribution in [3.05, 3.63) is 0 Å².